The van der Waals surface area contributed by atoms with Gasteiger partial charge in [0, 0.05) is 23.2 Å². The molecule has 1 saturated carbocycles. The average molecular weight is 447 g/mol. The molecule has 3 rings (SSSR count). The maximum atomic E-state index is 12.3. The fraction of sp³-hybridized carbons (Fsp3) is 0.429. The van der Waals surface area contributed by atoms with Crippen LogP contribution in [0.15, 0.2) is 48.5 Å². The summed E-state index contributed by atoms with van der Waals surface area (Å²) in [6.45, 7) is -0.716. The van der Waals surface area contributed by atoms with E-state index in [1.165, 1.54) is 50.5 Å². The molecule has 33 heavy (non-hydrogen) atoms. The van der Waals surface area contributed by atoms with Crippen LogP contribution >= 0.6 is 0 Å². The Bertz CT molecular complexity index is 963. The van der Waals surface area contributed by atoms with Crippen molar-refractivity contribution >= 4 is 11.7 Å². The third-order valence-corrected chi connectivity index (χ3v) is 6.35. The minimum atomic E-state index is -0.892. The number of aliphatic hydroxyl groups is 1. The monoisotopic (exact) mass is 446 g/mol. The number of nitrogens with one attached hydrogen (secondary N) is 1. The van der Waals surface area contributed by atoms with Crippen LogP contribution in [0.5, 0.6) is 0 Å². The average Bonchev–Trinajstić information content (AvgIpc) is 3.14. The Kier molecular flexibility index (Phi) is 9.68. The number of Topliss-reactive ketones (excluding diaryl/α,β-unsaturated/α-hetero) is 1. The summed E-state index contributed by atoms with van der Waals surface area (Å²) in [5, 5.41) is 11.5. The first-order valence-electron chi connectivity index (χ1n) is 11.9. The highest BCUT2D eigenvalue weighted by atomic mass is 16.3. The molecule has 0 spiro atoms. The highest BCUT2D eigenvalue weighted by Crippen LogP contribution is 2.26. The van der Waals surface area contributed by atoms with Crippen molar-refractivity contribution in [3.05, 3.63) is 70.8 Å². The predicted molar refractivity (Wildman–Crippen MR) is 131 cm³/mol. The molecular formula is C28H34N2O3. The summed E-state index contributed by atoms with van der Waals surface area (Å²) < 4.78 is 0. The zero-order valence-electron chi connectivity index (χ0n) is 19.2. The molecule has 174 valence electrons. The lowest BCUT2D eigenvalue weighted by Gasteiger charge is -2.14. The predicted octanol–water partition coefficient (Wildman–Crippen LogP) is 3.61. The van der Waals surface area contributed by atoms with Crippen LogP contribution in [0.1, 0.15) is 72.0 Å². The fourth-order valence-corrected chi connectivity index (χ4v) is 4.25. The Morgan fingerprint density at radius 2 is 1.52 bits per heavy atom. The van der Waals surface area contributed by atoms with E-state index < -0.39 is 24.3 Å². The van der Waals surface area contributed by atoms with E-state index in [0.29, 0.717) is 5.56 Å². The number of carbonyl (C=O) groups excluding carboxylic acids is 2. The molecule has 0 bridgehead atoms. The van der Waals surface area contributed by atoms with Gasteiger partial charge in [0.25, 0.3) is 5.91 Å². The number of carbonyl (C=O) groups is 2. The normalized spacial score (nSPS) is 15.1. The van der Waals surface area contributed by atoms with E-state index >= 15 is 0 Å². The van der Waals surface area contributed by atoms with Crippen molar-refractivity contribution in [2.45, 2.75) is 57.4 Å². The molecule has 1 amide bonds. The maximum absolute atomic E-state index is 12.3. The van der Waals surface area contributed by atoms with Crippen LogP contribution in [0.4, 0.5) is 0 Å². The van der Waals surface area contributed by atoms with Crippen molar-refractivity contribution in [3.8, 4) is 11.8 Å². The number of aliphatic hydroxyl groups excluding tert-OH is 1. The number of ketones is 1. The molecule has 2 aromatic rings. The highest BCUT2D eigenvalue weighted by Gasteiger charge is 2.18. The van der Waals surface area contributed by atoms with Crippen molar-refractivity contribution in [2.24, 2.45) is 11.7 Å². The summed E-state index contributed by atoms with van der Waals surface area (Å²) >= 11 is 0. The van der Waals surface area contributed by atoms with E-state index in [-0.39, 0.29) is 6.54 Å². The third-order valence-electron chi connectivity index (χ3n) is 6.35. The lowest BCUT2D eigenvalue weighted by Crippen LogP contribution is -2.46. The Labute approximate surface area is 196 Å². The largest absolute Gasteiger partial charge is 0.388 e. The highest BCUT2D eigenvalue weighted by molar-refractivity contribution is 5.98. The van der Waals surface area contributed by atoms with Crippen LogP contribution in [0.3, 0.4) is 0 Å². The standard InChI is InChI=1S/C28H34N2O3/c29-19-26(27(32)20-31)30-28(33)25-17-15-24(16-18-25)14-13-23-11-9-22(10-12-23)8-7-21-5-3-1-2-4-6-21/h9-12,15-18,21,26,31H,1-8,19-20,29H2,(H,30,33)/t26-/m0/s1. The van der Waals surface area contributed by atoms with Gasteiger partial charge < -0.3 is 16.2 Å². The fourth-order valence-electron chi connectivity index (χ4n) is 4.25. The molecule has 5 nitrogen and oxygen atoms in total. The van der Waals surface area contributed by atoms with Gasteiger partial charge in [-0.15, -0.1) is 0 Å². The molecule has 0 aromatic heterocycles. The molecule has 0 unspecified atom stereocenters. The van der Waals surface area contributed by atoms with E-state index in [1.54, 1.807) is 24.3 Å². The van der Waals surface area contributed by atoms with Gasteiger partial charge in [0.05, 0.1) is 0 Å². The second kappa shape index (κ2) is 12.9. The van der Waals surface area contributed by atoms with Gasteiger partial charge in [-0.05, 0) is 60.7 Å². The summed E-state index contributed by atoms with van der Waals surface area (Å²) in [7, 11) is 0. The molecule has 1 atom stereocenters. The van der Waals surface area contributed by atoms with Crippen molar-refractivity contribution < 1.29 is 14.7 Å². The number of aryl methyl sites for hydroxylation is 1. The van der Waals surface area contributed by atoms with Gasteiger partial charge in [-0.1, -0.05) is 62.5 Å². The number of amides is 1. The van der Waals surface area contributed by atoms with E-state index in [9.17, 15) is 9.59 Å². The Morgan fingerprint density at radius 3 is 2.06 bits per heavy atom. The molecule has 1 aliphatic carbocycles. The summed E-state index contributed by atoms with van der Waals surface area (Å²) in [4.78, 5) is 23.9. The van der Waals surface area contributed by atoms with E-state index in [0.717, 1.165) is 23.5 Å². The van der Waals surface area contributed by atoms with Gasteiger partial charge in [0.1, 0.15) is 12.6 Å². The van der Waals surface area contributed by atoms with Crippen LogP contribution in [0.2, 0.25) is 0 Å². The van der Waals surface area contributed by atoms with Crippen LogP contribution in [0, 0.1) is 17.8 Å². The quantitative estimate of drug-likeness (QED) is 0.427. The van der Waals surface area contributed by atoms with Crippen molar-refractivity contribution in [3.63, 3.8) is 0 Å². The van der Waals surface area contributed by atoms with Crippen LogP contribution in [0.25, 0.3) is 0 Å². The first-order chi connectivity index (χ1) is 16.1. The third kappa shape index (κ3) is 7.85. The first kappa shape index (κ1) is 24.7. The van der Waals surface area contributed by atoms with Gasteiger partial charge >= 0.3 is 0 Å². The van der Waals surface area contributed by atoms with Crippen molar-refractivity contribution in [2.75, 3.05) is 13.2 Å². The van der Waals surface area contributed by atoms with Gasteiger partial charge in [0.2, 0.25) is 0 Å². The summed E-state index contributed by atoms with van der Waals surface area (Å²) in [5.41, 5.74) is 9.03. The molecular weight excluding hydrogens is 412 g/mol. The first-order valence-corrected chi connectivity index (χ1v) is 11.9. The van der Waals surface area contributed by atoms with Gasteiger partial charge in [-0.25, -0.2) is 0 Å². The topological polar surface area (TPSA) is 92.4 Å². The van der Waals surface area contributed by atoms with Crippen molar-refractivity contribution in [1.29, 1.82) is 0 Å². The minimum absolute atomic E-state index is 0.0614. The number of rotatable bonds is 8. The van der Waals surface area contributed by atoms with Gasteiger partial charge in [-0.2, -0.15) is 0 Å². The minimum Gasteiger partial charge on any atom is -0.388 e. The van der Waals surface area contributed by atoms with Gasteiger partial charge in [0.15, 0.2) is 5.78 Å². The summed E-state index contributed by atoms with van der Waals surface area (Å²) in [5.74, 6) is 6.26. The molecule has 0 aliphatic heterocycles. The summed E-state index contributed by atoms with van der Waals surface area (Å²) in [6, 6.07) is 14.5. The van der Waals surface area contributed by atoms with Gasteiger partial charge in [-0.3, -0.25) is 9.59 Å². The smallest absolute Gasteiger partial charge is 0.251 e. The number of hydrogen-bond donors (Lipinski definition) is 3. The Morgan fingerprint density at radius 1 is 0.939 bits per heavy atom. The molecule has 0 saturated heterocycles. The van der Waals surface area contributed by atoms with Crippen LogP contribution in [-0.2, 0) is 11.2 Å². The zero-order valence-corrected chi connectivity index (χ0v) is 19.2. The molecule has 5 heteroatoms. The molecule has 1 aliphatic rings. The Hall–Kier alpha value is -2.94. The second-order valence-corrected chi connectivity index (χ2v) is 8.81. The van der Waals surface area contributed by atoms with E-state index in [1.807, 2.05) is 0 Å². The maximum Gasteiger partial charge on any atom is 0.251 e. The molecule has 0 radical (unpaired) electrons. The van der Waals surface area contributed by atoms with Crippen LogP contribution in [-0.4, -0.2) is 36.0 Å². The summed E-state index contributed by atoms with van der Waals surface area (Å²) in [6.07, 6.45) is 10.8. The van der Waals surface area contributed by atoms with Crippen molar-refractivity contribution in [1.82, 2.24) is 5.32 Å². The Balaban J connectivity index is 1.53. The molecule has 4 N–H and O–H groups in total. The lowest BCUT2D eigenvalue weighted by molar-refractivity contribution is -0.123. The van der Waals surface area contributed by atoms with E-state index in [2.05, 4.69) is 41.4 Å². The lowest BCUT2D eigenvalue weighted by atomic mass is 9.93. The second-order valence-electron chi connectivity index (χ2n) is 8.81. The molecule has 1 fully saturated rings. The number of hydrogen-bond acceptors (Lipinski definition) is 4. The number of nitrogens with two attached hydrogens (primary N) is 1. The van der Waals surface area contributed by atoms with Crippen LogP contribution < -0.4 is 11.1 Å². The molecule has 2 aromatic carbocycles. The van der Waals surface area contributed by atoms with E-state index in [4.69, 9.17) is 10.8 Å². The SMILES string of the molecule is NC[C@H](NC(=O)c1ccc(C#Cc2ccc(CCC3CCCCCC3)cc2)cc1)C(=O)CO. The zero-order chi connectivity index (χ0) is 23.5. The number of benzene rings is 2. The molecule has 0 heterocycles.